The van der Waals surface area contributed by atoms with E-state index in [1.165, 1.54) is 37.3 Å². The number of anilines is 1. The molecule has 4 aromatic rings. The monoisotopic (exact) mass is 703 g/mol. The van der Waals surface area contributed by atoms with Gasteiger partial charge in [-0.25, -0.2) is 8.42 Å². The molecule has 2 amide bonds. The van der Waals surface area contributed by atoms with Gasteiger partial charge in [0.15, 0.2) is 11.5 Å². The molecule has 5 rings (SSSR count). The molecule has 1 aliphatic carbocycles. The lowest BCUT2D eigenvalue weighted by atomic mass is 10.0. The number of halogens is 1. The topological polar surface area (TPSA) is 105 Å². The molecule has 0 saturated heterocycles. The maximum Gasteiger partial charge on any atom is 0.264 e. The van der Waals surface area contributed by atoms with Gasteiger partial charge in [-0.1, -0.05) is 84.6 Å². The van der Waals surface area contributed by atoms with Crippen molar-refractivity contribution in [2.24, 2.45) is 0 Å². The van der Waals surface area contributed by atoms with Gasteiger partial charge in [-0.05, 0) is 67.3 Å². The molecule has 4 aromatic carbocycles. The number of sulfonamides is 1. The summed E-state index contributed by atoms with van der Waals surface area (Å²) >= 11 is 6.18. The first-order valence-electron chi connectivity index (χ1n) is 16.3. The van der Waals surface area contributed by atoms with Crippen LogP contribution in [-0.4, -0.2) is 58.0 Å². The van der Waals surface area contributed by atoms with Gasteiger partial charge in [0.2, 0.25) is 11.8 Å². The quantitative estimate of drug-likeness (QED) is 0.160. The van der Waals surface area contributed by atoms with Crippen LogP contribution in [0.1, 0.15) is 42.4 Å². The fraction of sp³-hybridized carbons (Fsp3) is 0.316. The minimum atomic E-state index is -4.35. The van der Waals surface area contributed by atoms with Crippen molar-refractivity contribution in [2.45, 2.75) is 62.6 Å². The van der Waals surface area contributed by atoms with Gasteiger partial charge in [-0.3, -0.25) is 13.9 Å². The third-order valence-electron chi connectivity index (χ3n) is 8.78. The Balaban J connectivity index is 1.57. The van der Waals surface area contributed by atoms with E-state index in [-0.39, 0.29) is 41.2 Å². The van der Waals surface area contributed by atoms with Crippen molar-refractivity contribution in [3.05, 3.63) is 119 Å². The van der Waals surface area contributed by atoms with Crippen LogP contribution >= 0.6 is 11.6 Å². The Bertz CT molecular complexity index is 1830. The molecule has 258 valence electrons. The summed E-state index contributed by atoms with van der Waals surface area (Å²) in [6.07, 6.45) is 4.07. The summed E-state index contributed by atoms with van der Waals surface area (Å²) in [5, 5.41) is 3.60. The van der Waals surface area contributed by atoms with Crippen LogP contribution in [-0.2, 0) is 32.6 Å². The van der Waals surface area contributed by atoms with Crippen LogP contribution in [0, 0.1) is 6.92 Å². The third kappa shape index (κ3) is 8.93. The van der Waals surface area contributed by atoms with Crippen molar-refractivity contribution in [2.75, 3.05) is 25.1 Å². The van der Waals surface area contributed by atoms with Crippen molar-refractivity contribution in [3.8, 4) is 11.5 Å². The number of ether oxygens (including phenoxy) is 2. The van der Waals surface area contributed by atoms with E-state index in [4.69, 9.17) is 21.1 Å². The minimum absolute atomic E-state index is 0.0260. The number of hydrogen-bond acceptors (Lipinski definition) is 6. The Kier molecular flexibility index (Phi) is 11.9. The summed E-state index contributed by atoms with van der Waals surface area (Å²) in [5.41, 5.74) is 2.98. The lowest BCUT2D eigenvalue weighted by Gasteiger charge is -2.34. The molecule has 0 aliphatic heterocycles. The largest absolute Gasteiger partial charge is 0.493 e. The molecule has 1 aliphatic rings. The van der Waals surface area contributed by atoms with Crippen molar-refractivity contribution < 1.29 is 27.5 Å². The Morgan fingerprint density at radius 2 is 1.51 bits per heavy atom. The maximum absolute atomic E-state index is 14.7. The first-order valence-corrected chi connectivity index (χ1v) is 18.1. The van der Waals surface area contributed by atoms with Crippen LogP contribution in [0.25, 0.3) is 0 Å². The minimum Gasteiger partial charge on any atom is -0.493 e. The van der Waals surface area contributed by atoms with E-state index < -0.39 is 28.5 Å². The summed E-state index contributed by atoms with van der Waals surface area (Å²) in [6, 6.07) is 26.9. The fourth-order valence-corrected chi connectivity index (χ4v) is 7.61. The van der Waals surface area contributed by atoms with Crippen LogP contribution in [0.2, 0.25) is 5.02 Å². The molecule has 1 unspecified atom stereocenters. The second kappa shape index (κ2) is 16.2. The third-order valence-corrected chi connectivity index (χ3v) is 10.8. The van der Waals surface area contributed by atoms with E-state index in [0.717, 1.165) is 46.7 Å². The number of aryl methyl sites for hydroxylation is 1. The van der Waals surface area contributed by atoms with E-state index in [1.54, 1.807) is 24.3 Å². The number of carbonyl (C=O) groups is 2. The molecular formula is C38H42ClN3O6S. The summed E-state index contributed by atoms with van der Waals surface area (Å²) in [5.74, 6) is -0.227. The van der Waals surface area contributed by atoms with Crippen molar-refractivity contribution in [3.63, 3.8) is 0 Å². The number of amides is 2. The van der Waals surface area contributed by atoms with Gasteiger partial charge in [0.1, 0.15) is 12.6 Å². The predicted octanol–water partition coefficient (Wildman–Crippen LogP) is 6.56. The standard InChI is InChI=1S/C38H42ClN3O6S/c1-27-13-15-29(16-14-27)25-41(34(23-28-9-5-4-6-10-28)38(44)40-31-11-7-8-12-31)37(43)26-42(32-19-17-30(39)18-20-32)49(45,46)33-21-22-35(47-2)36(24-33)48-3/h4-6,9-10,13-22,24,31,34H,7-8,11-12,23,25-26H2,1-3H3,(H,40,44). The first-order chi connectivity index (χ1) is 23.6. The highest BCUT2D eigenvalue weighted by Crippen LogP contribution is 2.33. The second-order valence-corrected chi connectivity index (χ2v) is 14.5. The molecule has 0 aromatic heterocycles. The smallest absolute Gasteiger partial charge is 0.264 e. The van der Waals surface area contributed by atoms with Crippen LogP contribution in [0.4, 0.5) is 5.69 Å². The number of nitrogens with zero attached hydrogens (tertiary/aromatic N) is 2. The van der Waals surface area contributed by atoms with Crippen molar-refractivity contribution >= 4 is 39.1 Å². The summed E-state index contributed by atoms with van der Waals surface area (Å²) in [7, 11) is -1.47. The van der Waals surface area contributed by atoms with E-state index in [2.05, 4.69) is 5.32 Å². The molecule has 0 radical (unpaired) electrons. The molecule has 49 heavy (non-hydrogen) atoms. The zero-order valence-corrected chi connectivity index (χ0v) is 29.5. The Morgan fingerprint density at radius 1 is 0.857 bits per heavy atom. The Hall–Kier alpha value is -4.54. The lowest BCUT2D eigenvalue weighted by molar-refractivity contribution is -0.140. The molecule has 0 heterocycles. The molecule has 1 saturated carbocycles. The summed E-state index contributed by atoms with van der Waals surface area (Å²) < 4.78 is 40.6. The molecule has 11 heteroatoms. The Labute approximate surface area is 293 Å². The van der Waals surface area contributed by atoms with Crippen LogP contribution in [0.15, 0.2) is 102 Å². The highest BCUT2D eigenvalue weighted by atomic mass is 35.5. The second-order valence-electron chi connectivity index (χ2n) is 12.2. The van der Waals surface area contributed by atoms with Gasteiger partial charge < -0.3 is 19.7 Å². The summed E-state index contributed by atoms with van der Waals surface area (Å²) in [6.45, 7) is 1.49. The number of hydrogen-bond donors (Lipinski definition) is 1. The van der Waals surface area contributed by atoms with Gasteiger partial charge >= 0.3 is 0 Å². The van der Waals surface area contributed by atoms with E-state index in [9.17, 15) is 18.0 Å². The molecule has 1 atom stereocenters. The number of carbonyl (C=O) groups excluding carboxylic acids is 2. The SMILES string of the molecule is COc1ccc(S(=O)(=O)N(CC(=O)N(Cc2ccc(C)cc2)C(Cc2ccccc2)C(=O)NC2CCCC2)c2ccc(Cl)cc2)cc1OC. The number of rotatable bonds is 14. The van der Waals surface area contributed by atoms with E-state index in [1.807, 2.05) is 61.5 Å². The van der Waals surface area contributed by atoms with E-state index >= 15 is 0 Å². The molecular weight excluding hydrogens is 662 g/mol. The molecule has 9 nitrogen and oxygen atoms in total. The van der Waals surface area contributed by atoms with Crippen LogP contribution < -0.4 is 19.1 Å². The average molecular weight is 704 g/mol. The number of methoxy groups -OCH3 is 2. The zero-order chi connectivity index (χ0) is 35.0. The molecule has 0 bridgehead atoms. The average Bonchev–Trinajstić information content (AvgIpc) is 3.63. The maximum atomic E-state index is 14.7. The predicted molar refractivity (Wildman–Crippen MR) is 192 cm³/mol. The van der Waals surface area contributed by atoms with Gasteiger partial charge in [0, 0.05) is 30.1 Å². The van der Waals surface area contributed by atoms with Gasteiger partial charge in [0.05, 0.1) is 24.8 Å². The molecule has 1 fully saturated rings. The first kappa shape index (κ1) is 35.8. The Morgan fingerprint density at radius 3 is 2.14 bits per heavy atom. The number of nitrogens with one attached hydrogen (secondary N) is 1. The van der Waals surface area contributed by atoms with Crippen molar-refractivity contribution in [1.82, 2.24) is 10.2 Å². The van der Waals surface area contributed by atoms with Crippen LogP contribution in [0.3, 0.4) is 0 Å². The highest BCUT2D eigenvalue weighted by Gasteiger charge is 2.36. The summed E-state index contributed by atoms with van der Waals surface area (Å²) in [4.78, 5) is 30.3. The van der Waals surface area contributed by atoms with Gasteiger partial charge in [-0.2, -0.15) is 0 Å². The van der Waals surface area contributed by atoms with Gasteiger partial charge in [-0.15, -0.1) is 0 Å². The lowest BCUT2D eigenvalue weighted by Crippen LogP contribution is -2.54. The molecule has 0 spiro atoms. The normalized spacial score (nSPS) is 13.8. The van der Waals surface area contributed by atoms with E-state index in [0.29, 0.717) is 10.8 Å². The number of benzene rings is 4. The van der Waals surface area contributed by atoms with Crippen LogP contribution in [0.5, 0.6) is 11.5 Å². The highest BCUT2D eigenvalue weighted by molar-refractivity contribution is 7.92. The van der Waals surface area contributed by atoms with Gasteiger partial charge in [0.25, 0.3) is 10.0 Å². The zero-order valence-electron chi connectivity index (χ0n) is 28.0. The van der Waals surface area contributed by atoms with Crippen molar-refractivity contribution in [1.29, 1.82) is 0 Å². The molecule has 1 N–H and O–H groups in total. The fourth-order valence-electron chi connectivity index (χ4n) is 6.05.